The summed E-state index contributed by atoms with van der Waals surface area (Å²) in [6, 6.07) is 25.5. The van der Waals surface area contributed by atoms with Gasteiger partial charge in [0.15, 0.2) is 0 Å². The van der Waals surface area contributed by atoms with Crippen molar-refractivity contribution in [1.29, 1.82) is 0 Å². The van der Waals surface area contributed by atoms with E-state index >= 15 is 13.2 Å². The molecule has 0 amide bonds. The second-order valence-electron chi connectivity index (χ2n) is 13.7. The number of hydrogen-bond donors (Lipinski definition) is 1. The smallest absolute Gasteiger partial charge is 0.261 e. The topological polar surface area (TPSA) is 41.2 Å². The lowest BCUT2D eigenvalue weighted by Crippen LogP contribution is -2.67. The van der Waals surface area contributed by atoms with Gasteiger partial charge in [0.1, 0.15) is 17.3 Å². The highest BCUT2D eigenvalue weighted by Gasteiger charge is 2.51. The van der Waals surface area contributed by atoms with Gasteiger partial charge in [-0.15, -0.1) is 0 Å². The molecular weight excluding hydrogens is 667 g/mol. The number of halogens is 4. The van der Waals surface area contributed by atoms with Crippen molar-refractivity contribution in [3.05, 3.63) is 124 Å². The Balaban J connectivity index is 1.41. The Bertz CT molecular complexity index is 1780. The molecule has 0 spiro atoms. The molecule has 9 heteroatoms. The fourth-order valence-electron chi connectivity index (χ4n) is 7.25. The molecular formula is C37H39BrF3N3OSi. The lowest BCUT2D eigenvalue weighted by Gasteiger charge is -2.47. The third-order valence-corrected chi connectivity index (χ3v) is 14.7. The van der Waals surface area contributed by atoms with Gasteiger partial charge in [0.05, 0.1) is 24.4 Å². The minimum absolute atomic E-state index is 0.0884. The maximum absolute atomic E-state index is 17.2. The summed E-state index contributed by atoms with van der Waals surface area (Å²) in [5.74, 6) is -1.36. The quantitative estimate of drug-likeness (QED) is 0.165. The number of rotatable bonds is 8. The maximum Gasteiger partial charge on any atom is 0.261 e. The molecule has 1 aliphatic heterocycles. The molecule has 6 rings (SSSR count). The van der Waals surface area contributed by atoms with Crippen LogP contribution in [0.5, 0.6) is 0 Å². The van der Waals surface area contributed by atoms with Crippen LogP contribution in [0.3, 0.4) is 0 Å². The van der Waals surface area contributed by atoms with Gasteiger partial charge in [-0.3, -0.25) is 10.00 Å². The molecule has 0 fully saturated rings. The Kier molecular flexibility index (Phi) is 8.82. The average Bonchev–Trinajstić information content (AvgIpc) is 3.48. The Morgan fingerprint density at radius 1 is 0.935 bits per heavy atom. The van der Waals surface area contributed by atoms with E-state index in [-0.39, 0.29) is 29.8 Å². The fourth-order valence-corrected chi connectivity index (χ4v) is 12.3. The third-order valence-electron chi connectivity index (χ3n) is 9.30. The summed E-state index contributed by atoms with van der Waals surface area (Å²) in [5, 5.41) is 9.91. The molecule has 1 aromatic heterocycles. The molecule has 0 radical (unpaired) electrons. The standard InChI is InChI=1S/C37H39BrF3N3OSi/c1-24-18-29-28(16-17-33-30(29)21-42-43-33)35(34-31(39)19-25(38)20-32(34)40)44(24)22-37(5,41)23-45-46(36(2,3)4,26-12-8-6-9-13-26)27-14-10-7-11-15-27/h6-17,19-21,24,35H,18,22-23H2,1-5H3,(H,42,43)/t24-,35+,37?/m1/s1. The van der Waals surface area contributed by atoms with E-state index in [1.807, 2.05) is 60.4 Å². The summed E-state index contributed by atoms with van der Waals surface area (Å²) in [6.07, 6.45) is 2.33. The van der Waals surface area contributed by atoms with E-state index in [0.717, 1.165) is 32.4 Å². The van der Waals surface area contributed by atoms with Crippen LogP contribution in [0.1, 0.15) is 57.4 Å². The minimum Gasteiger partial charge on any atom is -0.404 e. The first-order valence-corrected chi connectivity index (χ1v) is 18.3. The van der Waals surface area contributed by atoms with Crippen molar-refractivity contribution in [1.82, 2.24) is 15.1 Å². The van der Waals surface area contributed by atoms with E-state index in [2.05, 4.69) is 71.2 Å². The molecule has 4 aromatic carbocycles. The van der Waals surface area contributed by atoms with Crippen LogP contribution in [-0.2, 0) is 10.8 Å². The van der Waals surface area contributed by atoms with E-state index in [1.54, 1.807) is 6.20 Å². The van der Waals surface area contributed by atoms with Gasteiger partial charge in [-0.2, -0.15) is 5.10 Å². The van der Waals surface area contributed by atoms with Gasteiger partial charge < -0.3 is 4.43 Å². The third kappa shape index (κ3) is 5.87. The fraction of sp³-hybridized carbons (Fsp3) is 0.324. The maximum atomic E-state index is 17.2. The Hall–Kier alpha value is -3.24. The molecule has 2 heterocycles. The normalized spacial score (nSPS) is 18.8. The van der Waals surface area contributed by atoms with Crippen LogP contribution in [0, 0.1) is 11.6 Å². The van der Waals surface area contributed by atoms with Crippen molar-refractivity contribution in [2.24, 2.45) is 0 Å². The Morgan fingerprint density at radius 2 is 1.52 bits per heavy atom. The molecule has 4 nitrogen and oxygen atoms in total. The predicted octanol–water partition coefficient (Wildman–Crippen LogP) is 8.24. The molecule has 0 bridgehead atoms. The van der Waals surface area contributed by atoms with E-state index in [1.165, 1.54) is 19.1 Å². The number of fused-ring (bicyclic) bond motifs is 3. The highest BCUT2D eigenvalue weighted by Crippen LogP contribution is 2.44. The van der Waals surface area contributed by atoms with E-state index < -0.39 is 31.7 Å². The zero-order valence-electron chi connectivity index (χ0n) is 26.8. The lowest BCUT2D eigenvalue weighted by atomic mass is 9.82. The average molecular weight is 707 g/mol. The van der Waals surface area contributed by atoms with Crippen molar-refractivity contribution >= 4 is 45.5 Å². The zero-order chi connectivity index (χ0) is 32.9. The molecule has 46 heavy (non-hydrogen) atoms. The van der Waals surface area contributed by atoms with Gasteiger partial charge >= 0.3 is 0 Å². The Morgan fingerprint density at radius 3 is 2.09 bits per heavy atom. The number of alkyl halides is 1. The summed E-state index contributed by atoms with van der Waals surface area (Å²) < 4.78 is 56.0. The monoisotopic (exact) mass is 705 g/mol. The number of aromatic amines is 1. The number of nitrogens with zero attached hydrogens (tertiary/aromatic N) is 2. The van der Waals surface area contributed by atoms with E-state index in [0.29, 0.717) is 10.9 Å². The van der Waals surface area contributed by atoms with Crippen LogP contribution < -0.4 is 10.4 Å². The summed E-state index contributed by atoms with van der Waals surface area (Å²) in [6.45, 7) is 9.72. The summed E-state index contributed by atoms with van der Waals surface area (Å²) in [5.41, 5.74) is 0.604. The van der Waals surface area contributed by atoms with Crippen molar-refractivity contribution in [3.63, 3.8) is 0 Å². The summed E-state index contributed by atoms with van der Waals surface area (Å²) >= 11 is 3.22. The van der Waals surface area contributed by atoms with Gasteiger partial charge in [0.25, 0.3) is 8.32 Å². The van der Waals surface area contributed by atoms with Gasteiger partial charge in [-0.25, -0.2) is 13.2 Å². The lowest BCUT2D eigenvalue weighted by molar-refractivity contribution is 0.0215. The first-order valence-electron chi connectivity index (χ1n) is 15.6. The molecule has 240 valence electrons. The molecule has 0 aliphatic carbocycles. The number of benzene rings is 4. The number of nitrogens with one attached hydrogen (secondary N) is 1. The SMILES string of the molecule is C[C@@H]1Cc2c(ccc3[nH]ncc23)[C@@H](c2c(F)cc(Br)cc2F)N1CC(C)(F)CO[Si](c1ccccc1)(c1ccccc1)C(C)(C)C. The first kappa shape index (κ1) is 32.7. The second kappa shape index (κ2) is 12.4. The van der Waals surface area contributed by atoms with Crippen molar-refractivity contribution in [2.75, 3.05) is 13.2 Å². The number of aromatic nitrogens is 2. The molecule has 1 unspecified atom stereocenters. The molecule has 3 atom stereocenters. The van der Waals surface area contributed by atoms with Crippen LogP contribution in [-0.4, -0.2) is 48.3 Å². The van der Waals surface area contributed by atoms with Crippen LogP contribution in [0.15, 0.2) is 95.6 Å². The highest BCUT2D eigenvalue weighted by molar-refractivity contribution is 9.10. The van der Waals surface area contributed by atoms with Gasteiger partial charge in [0.2, 0.25) is 0 Å². The first-order chi connectivity index (χ1) is 21.8. The van der Waals surface area contributed by atoms with Gasteiger partial charge in [-0.1, -0.05) is 103 Å². The van der Waals surface area contributed by atoms with Crippen molar-refractivity contribution < 1.29 is 17.6 Å². The highest BCUT2D eigenvalue weighted by atomic mass is 79.9. The second-order valence-corrected chi connectivity index (χ2v) is 19.0. The molecule has 5 aromatic rings. The van der Waals surface area contributed by atoms with Crippen LogP contribution in [0.2, 0.25) is 5.04 Å². The van der Waals surface area contributed by atoms with Gasteiger partial charge in [0, 0.05) is 28.0 Å². The largest absolute Gasteiger partial charge is 0.404 e. The van der Waals surface area contributed by atoms with Crippen molar-refractivity contribution in [2.45, 2.75) is 63.8 Å². The number of H-pyrrole nitrogens is 1. The van der Waals surface area contributed by atoms with Crippen LogP contribution >= 0.6 is 15.9 Å². The molecule has 1 N–H and O–H groups in total. The zero-order valence-corrected chi connectivity index (χ0v) is 29.3. The van der Waals surface area contributed by atoms with Crippen LogP contribution in [0.25, 0.3) is 10.9 Å². The van der Waals surface area contributed by atoms with Crippen LogP contribution in [0.4, 0.5) is 13.2 Å². The molecule has 0 saturated heterocycles. The minimum atomic E-state index is -3.02. The van der Waals surface area contributed by atoms with Gasteiger partial charge in [-0.05, 0) is 65.0 Å². The number of hydrogen-bond acceptors (Lipinski definition) is 3. The van der Waals surface area contributed by atoms with E-state index in [9.17, 15) is 0 Å². The van der Waals surface area contributed by atoms with E-state index in [4.69, 9.17) is 4.43 Å². The predicted molar refractivity (Wildman–Crippen MR) is 185 cm³/mol. The van der Waals surface area contributed by atoms with Crippen molar-refractivity contribution in [3.8, 4) is 0 Å². The Labute approximate surface area is 278 Å². The summed E-state index contributed by atoms with van der Waals surface area (Å²) in [4.78, 5) is 1.90. The molecule has 1 aliphatic rings. The summed E-state index contributed by atoms with van der Waals surface area (Å²) in [7, 11) is -3.02. The molecule has 0 saturated carbocycles.